The summed E-state index contributed by atoms with van der Waals surface area (Å²) in [6.07, 6.45) is 3.40. The maximum atomic E-state index is 5.62. The standard InChI is InChI=1S/C19H19N3O2/c1-11-2-5-16-14(8-11)15(9-17(20-16)12-3-4-12)19-21-18(22-24-19)13-6-7-23-10-13/h2,5,8-9,12-13H,3-4,6-7,10H2,1H3/t13-/m0/s1. The van der Waals surface area contributed by atoms with Gasteiger partial charge >= 0.3 is 0 Å². The zero-order valence-electron chi connectivity index (χ0n) is 13.7. The first kappa shape index (κ1) is 14.1. The Morgan fingerprint density at radius 2 is 1.96 bits per heavy atom. The van der Waals surface area contributed by atoms with Crippen LogP contribution in [-0.2, 0) is 4.74 Å². The highest BCUT2D eigenvalue weighted by atomic mass is 16.5. The Bertz CT molecular complexity index is 908. The maximum absolute atomic E-state index is 5.62. The average molecular weight is 321 g/mol. The molecule has 5 rings (SSSR count). The van der Waals surface area contributed by atoms with Gasteiger partial charge in [0.25, 0.3) is 5.89 Å². The van der Waals surface area contributed by atoms with Gasteiger partial charge in [0.2, 0.25) is 0 Å². The summed E-state index contributed by atoms with van der Waals surface area (Å²) in [6.45, 7) is 3.55. The lowest BCUT2D eigenvalue weighted by Gasteiger charge is -2.07. The lowest BCUT2D eigenvalue weighted by molar-refractivity contribution is 0.192. The Hall–Kier alpha value is -2.27. The van der Waals surface area contributed by atoms with Crippen LogP contribution >= 0.6 is 0 Å². The Morgan fingerprint density at radius 1 is 1.04 bits per heavy atom. The van der Waals surface area contributed by atoms with Crippen molar-refractivity contribution in [3.63, 3.8) is 0 Å². The Kier molecular flexibility index (Phi) is 3.16. The van der Waals surface area contributed by atoms with Gasteiger partial charge < -0.3 is 9.26 Å². The highest BCUT2D eigenvalue weighted by Crippen LogP contribution is 2.41. The van der Waals surface area contributed by atoms with Gasteiger partial charge in [0.05, 0.1) is 17.7 Å². The predicted molar refractivity (Wildman–Crippen MR) is 89.9 cm³/mol. The largest absolute Gasteiger partial charge is 0.381 e. The Balaban J connectivity index is 1.65. The monoisotopic (exact) mass is 321 g/mol. The van der Waals surface area contributed by atoms with E-state index in [1.165, 1.54) is 18.4 Å². The van der Waals surface area contributed by atoms with E-state index in [9.17, 15) is 0 Å². The summed E-state index contributed by atoms with van der Waals surface area (Å²) < 4.78 is 11.1. The molecule has 0 bridgehead atoms. The Morgan fingerprint density at radius 3 is 2.75 bits per heavy atom. The van der Waals surface area contributed by atoms with Crippen LogP contribution in [0.1, 0.15) is 48.2 Å². The van der Waals surface area contributed by atoms with Crippen LogP contribution in [0.25, 0.3) is 22.4 Å². The number of fused-ring (bicyclic) bond motifs is 1. The molecule has 3 heterocycles. The minimum atomic E-state index is 0.250. The van der Waals surface area contributed by atoms with Crippen LogP contribution in [0.2, 0.25) is 0 Å². The van der Waals surface area contributed by atoms with Crippen LogP contribution in [0.15, 0.2) is 28.8 Å². The van der Waals surface area contributed by atoms with E-state index in [1.807, 2.05) is 0 Å². The molecular weight excluding hydrogens is 302 g/mol. The molecule has 2 aliphatic rings. The molecule has 24 heavy (non-hydrogen) atoms. The van der Waals surface area contributed by atoms with Crippen LogP contribution in [-0.4, -0.2) is 28.3 Å². The summed E-state index contributed by atoms with van der Waals surface area (Å²) in [5.74, 6) is 2.19. The van der Waals surface area contributed by atoms with Crippen LogP contribution in [0.3, 0.4) is 0 Å². The van der Waals surface area contributed by atoms with Crippen LogP contribution < -0.4 is 0 Å². The van der Waals surface area contributed by atoms with E-state index in [-0.39, 0.29) is 5.92 Å². The summed E-state index contributed by atoms with van der Waals surface area (Å²) >= 11 is 0. The minimum absolute atomic E-state index is 0.250. The van der Waals surface area contributed by atoms with Gasteiger partial charge in [-0.1, -0.05) is 16.8 Å². The number of nitrogens with zero attached hydrogens (tertiary/aromatic N) is 3. The minimum Gasteiger partial charge on any atom is -0.381 e. The van der Waals surface area contributed by atoms with Crippen molar-refractivity contribution < 1.29 is 9.26 Å². The van der Waals surface area contributed by atoms with Crippen molar-refractivity contribution in [3.8, 4) is 11.5 Å². The van der Waals surface area contributed by atoms with E-state index < -0.39 is 0 Å². The quantitative estimate of drug-likeness (QED) is 0.730. The second-order valence-corrected chi connectivity index (χ2v) is 6.91. The summed E-state index contributed by atoms with van der Waals surface area (Å²) in [4.78, 5) is 9.52. The molecule has 0 unspecified atom stereocenters. The van der Waals surface area contributed by atoms with E-state index >= 15 is 0 Å². The van der Waals surface area contributed by atoms with Gasteiger partial charge in [-0.2, -0.15) is 4.98 Å². The van der Waals surface area contributed by atoms with E-state index in [4.69, 9.17) is 14.2 Å². The second kappa shape index (κ2) is 5.38. The molecule has 2 fully saturated rings. The summed E-state index contributed by atoms with van der Waals surface area (Å²) in [7, 11) is 0. The highest BCUT2D eigenvalue weighted by Gasteiger charge is 2.28. The van der Waals surface area contributed by atoms with Crippen LogP contribution in [0, 0.1) is 6.92 Å². The second-order valence-electron chi connectivity index (χ2n) is 6.91. The smallest absolute Gasteiger partial charge is 0.258 e. The van der Waals surface area contributed by atoms with E-state index in [1.54, 1.807) is 0 Å². The molecule has 0 amide bonds. The number of rotatable bonds is 3. The third-order valence-corrected chi connectivity index (χ3v) is 4.95. The summed E-state index contributed by atoms with van der Waals surface area (Å²) in [5.41, 5.74) is 4.35. The molecule has 0 spiro atoms. The summed E-state index contributed by atoms with van der Waals surface area (Å²) in [5, 5.41) is 5.29. The van der Waals surface area contributed by atoms with Gasteiger partial charge in [0.15, 0.2) is 5.82 Å². The molecule has 1 saturated carbocycles. The fraction of sp³-hybridized carbons (Fsp3) is 0.421. The van der Waals surface area contributed by atoms with Gasteiger partial charge in [-0.25, -0.2) is 0 Å². The lowest BCUT2D eigenvalue weighted by atomic mass is 10.0. The van der Waals surface area contributed by atoms with Gasteiger partial charge in [-0.15, -0.1) is 0 Å². The van der Waals surface area contributed by atoms with Crippen molar-refractivity contribution >= 4 is 10.9 Å². The molecule has 1 atom stereocenters. The van der Waals surface area contributed by atoms with Gasteiger partial charge in [0.1, 0.15) is 0 Å². The number of pyridine rings is 1. The SMILES string of the molecule is Cc1ccc2nc(C3CC3)cc(-c3nc([C@H]4CCOC4)no3)c2c1. The first-order valence-electron chi connectivity index (χ1n) is 8.61. The van der Waals surface area contributed by atoms with E-state index in [2.05, 4.69) is 41.3 Å². The molecule has 5 heteroatoms. The molecule has 1 aromatic carbocycles. The van der Waals surface area contributed by atoms with Gasteiger partial charge in [-0.05, 0) is 44.4 Å². The number of hydrogen-bond donors (Lipinski definition) is 0. The van der Waals surface area contributed by atoms with Gasteiger partial charge in [-0.3, -0.25) is 4.98 Å². The third-order valence-electron chi connectivity index (χ3n) is 4.95. The first-order valence-corrected chi connectivity index (χ1v) is 8.61. The van der Waals surface area contributed by atoms with Gasteiger partial charge in [0, 0.05) is 29.5 Å². The van der Waals surface area contributed by atoms with Crippen molar-refractivity contribution in [2.75, 3.05) is 13.2 Å². The van der Waals surface area contributed by atoms with E-state index in [0.29, 0.717) is 18.4 Å². The van der Waals surface area contributed by atoms with Crippen LogP contribution in [0.5, 0.6) is 0 Å². The fourth-order valence-electron chi connectivity index (χ4n) is 3.37. The molecule has 5 nitrogen and oxygen atoms in total. The highest BCUT2D eigenvalue weighted by molar-refractivity contribution is 5.93. The van der Waals surface area contributed by atoms with Crippen molar-refractivity contribution in [1.82, 2.24) is 15.1 Å². The van der Waals surface area contributed by atoms with Crippen molar-refractivity contribution in [3.05, 3.63) is 41.3 Å². The van der Waals surface area contributed by atoms with Crippen molar-refractivity contribution in [1.29, 1.82) is 0 Å². The summed E-state index contributed by atoms with van der Waals surface area (Å²) in [6, 6.07) is 8.48. The molecule has 1 aliphatic heterocycles. The molecule has 0 N–H and O–H groups in total. The number of benzene rings is 1. The number of aromatic nitrogens is 3. The zero-order valence-corrected chi connectivity index (χ0v) is 13.7. The molecule has 2 aromatic heterocycles. The number of aryl methyl sites for hydroxylation is 1. The molecule has 0 radical (unpaired) electrons. The lowest BCUT2D eigenvalue weighted by Crippen LogP contribution is -1.99. The number of ether oxygens (including phenoxy) is 1. The van der Waals surface area contributed by atoms with Crippen LogP contribution in [0.4, 0.5) is 0 Å². The third kappa shape index (κ3) is 2.40. The number of hydrogen-bond acceptors (Lipinski definition) is 5. The molecule has 122 valence electrons. The molecule has 3 aromatic rings. The first-order chi connectivity index (χ1) is 11.8. The molecular formula is C19H19N3O2. The molecule has 1 aliphatic carbocycles. The fourth-order valence-corrected chi connectivity index (χ4v) is 3.37. The van der Waals surface area contributed by atoms with E-state index in [0.717, 1.165) is 41.0 Å². The Labute approximate surface area is 140 Å². The topological polar surface area (TPSA) is 61.0 Å². The predicted octanol–water partition coefficient (Wildman–Crippen LogP) is 3.97. The average Bonchev–Trinajstić information content (AvgIpc) is 3.10. The van der Waals surface area contributed by atoms with Crippen molar-refractivity contribution in [2.24, 2.45) is 0 Å². The normalized spacial score (nSPS) is 20.8. The zero-order chi connectivity index (χ0) is 16.1. The maximum Gasteiger partial charge on any atom is 0.258 e. The molecule has 1 saturated heterocycles. The van der Waals surface area contributed by atoms with Crippen molar-refractivity contribution in [2.45, 2.75) is 38.0 Å².